The number of ether oxygens (including phenoxy) is 1. The van der Waals surface area contributed by atoms with Crippen molar-refractivity contribution in [2.45, 2.75) is 57.8 Å². The number of benzene rings is 2. The van der Waals surface area contributed by atoms with Crippen LogP contribution in [0.15, 0.2) is 48.5 Å². The number of para-hydroxylation sites is 1. The van der Waals surface area contributed by atoms with Crippen molar-refractivity contribution in [2.75, 3.05) is 57.8 Å². The third-order valence-corrected chi connectivity index (χ3v) is 8.43. The zero-order chi connectivity index (χ0) is 28.7. The number of alkyl halides is 3. The zero-order valence-electron chi connectivity index (χ0n) is 23.9. The minimum Gasteiger partial charge on any atom is -0.496 e. The lowest BCUT2D eigenvalue weighted by Crippen LogP contribution is -2.57. The molecule has 2 saturated heterocycles. The van der Waals surface area contributed by atoms with E-state index in [0.717, 1.165) is 62.8 Å². The normalized spacial score (nSPS) is 21.0. The molecule has 2 atom stereocenters. The van der Waals surface area contributed by atoms with Crippen molar-refractivity contribution in [3.63, 3.8) is 0 Å². The van der Waals surface area contributed by atoms with Crippen LogP contribution in [-0.2, 0) is 17.4 Å². The Morgan fingerprint density at radius 1 is 1.05 bits per heavy atom. The number of hydrogen-bond acceptors (Lipinski definition) is 5. The molecule has 1 amide bonds. The first-order valence-electron chi connectivity index (χ1n) is 14.4. The summed E-state index contributed by atoms with van der Waals surface area (Å²) in [5, 5.41) is 3.08. The highest BCUT2D eigenvalue weighted by Gasteiger charge is 2.36. The minimum absolute atomic E-state index is 0.0738. The fraction of sp³-hybridized carbons (Fsp3) is 0.581. The number of hydrogen-bond donors (Lipinski definition) is 1. The van der Waals surface area contributed by atoms with Crippen LogP contribution in [0.5, 0.6) is 5.75 Å². The molecule has 9 heteroatoms. The van der Waals surface area contributed by atoms with Crippen molar-refractivity contribution in [3.05, 3.63) is 59.7 Å². The maximum absolute atomic E-state index is 13.2. The highest BCUT2D eigenvalue weighted by molar-refractivity contribution is 5.75. The Hall–Kier alpha value is -2.78. The highest BCUT2D eigenvalue weighted by Crippen LogP contribution is 2.33. The zero-order valence-corrected chi connectivity index (χ0v) is 23.9. The van der Waals surface area contributed by atoms with Gasteiger partial charge in [-0.25, -0.2) is 0 Å². The largest absolute Gasteiger partial charge is 0.496 e. The van der Waals surface area contributed by atoms with E-state index in [1.54, 1.807) is 13.2 Å². The second-order valence-electron chi connectivity index (χ2n) is 11.2. The van der Waals surface area contributed by atoms with Crippen LogP contribution in [0.4, 0.5) is 18.9 Å². The van der Waals surface area contributed by atoms with Gasteiger partial charge in [0.05, 0.1) is 12.7 Å². The molecular formula is C31H43F3N4O2. The standard InChI is InChI=1S/C31H43F3N4O2/c1-23(2)38-16-14-28(37-19-17-36(18-20-37)27-9-6-8-26(21-27)31(32,33)34)25(22-38)11-12-30(39)35-15-13-24-7-4-5-10-29(24)40-3/h4-10,21,23,25,28H,11-20,22H2,1-3H3,(H,35,39)/t25-,28+/m1/s1. The third-order valence-electron chi connectivity index (χ3n) is 8.43. The fourth-order valence-electron chi connectivity index (χ4n) is 6.12. The van der Waals surface area contributed by atoms with Crippen molar-refractivity contribution >= 4 is 11.6 Å². The number of carbonyl (C=O) groups is 1. The number of nitrogens with zero attached hydrogens (tertiary/aromatic N) is 3. The molecule has 0 radical (unpaired) electrons. The summed E-state index contributed by atoms with van der Waals surface area (Å²) < 4.78 is 45.1. The van der Waals surface area contributed by atoms with Crippen LogP contribution in [0.2, 0.25) is 0 Å². The Morgan fingerprint density at radius 2 is 1.80 bits per heavy atom. The molecular weight excluding hydrogens is 517 g/mol. The summed E-state index contributed by atoms with van der Waals surface area (Å²) in [5.41, 5.74) is 1.11. The molecule has 2 aliphatic rings. The van der Waals surface area contributed by atoms with Gasteiger partial charge in [0.1, 0.15) is 5.75 Å². The number of carbonyl (C=O) groups excluding carboxylic acids is 1. The number of nitrogens with one attached hydrogen (secondary N) is 1. The summed E-state index contributed by atoms with van der Waals surface area (Å²) in [6, 6.07) is 14.3. The fourth-order valence-corrected chi connectivity index (χ4v) is 6.12. The molecule has 2 aromatic rings. The van der Waals surface area contributed by atoms with E-state index in [1.807, 2.05) is 24.3 Å². The van der Waals surface area contributed by atoms with E-state index in [0.29, 0.717) is 49.7 Å². The maximum Gasteiger partial charge on any atom is 0.416 e. The van der Waals surface area contributed by atoms with Crippen LogP contribution in [0.3, 0.4) is 0 Å². The van der Waals surface area contributed by atoms with Gasteiger partial charge in [-0.3, -0.25) is 9.69 Å². The molecule has 0 saturated carbocycles. The number of methoxy groups -OCH3 is 1. The molecule has 220 valence electrons. The summed E-state index contributed by atoms with van der Waals surface area (Å²) in [7, 11) is 1.66. The van der Waals surface area contributed by atoms with Gasteiger partial charge in [-0.15, -0.1) is 0 Å². The van der Waals surface area contributed by atoms with Crippen molar-refractivity contribution in [1.29, 1.82) is 0 Å². The molecule has 40 heavy (non-hydrogen) atoms. The summed E-state index contributed by atoms with van der Waals surface area (Å²) in [4.78, 5) is 19.8. The number of piperidine rings is 1. The van der Waals surface area contributed by atoms with Crippen LogP contribution < -0.4 is 15.0 Å². The van der Waals surface area contributed by atoms with Gasteiger partial charge in [-0.1, -0.05) is 24.3 Å². The Morgan fingerprint density at radius 3 is 2.50 bits per heavy atom. The Bertz CT molecular complexity index is 1100. The van der Waals surface area contributed by atoms with E-state index in [1.165, 1.54) is 12.1 Å². The van der Waals surface area contributed by atoms with Crippen molar-refractivity contribution < 1.29 is 22.7 Å². The molecule has 2 aliphatic heterocycles. The average Bonchev–Trinajstić information content (AvgIpc) is 2.96. The van der Waals surface area contributed by atoms with Gasteiger partial charge >= 0.3 is 6.18 Å². The number of anilines is 1. The van der Waals surface area contributed by atoms with E-state index in [2.05, 4.69) is 33.9 Å². The number of amides is 1. The van der Waals surface area contributed by atoms with Crippen LogP contribution >= 0.6 is 0 Å². The molecule has 2 fully saturated rings. The molecule has 2 heterocycles. The monoisotopic (exact) mass is 560 g/mol. The first-order valence-corrected chi connectivity index (χ1v) is 14.4. The van der Waals surface area contributed by atoms with Gasteiger partial charge < -0.3 is 19.9 Å². The van der Waals surface area contributed by atoms with Crippen LogP contribution in [0, 0.1) is 5.92 Å². The van der Waals surface area contributed by atoms with Gasteiger partial charge in [0, 0.05) is 63.5 Å². The number of halogens is 3. The molecule has 0 spiro atoms. The van der Waals surface area contributed by atoms with Crippen molar-refractivity contribution in [3.8, 4) is 5.75 Å². The van der Waals surface area contributed by atoms with Gasteiger partial charge in [0.15, 0.2) is 0 Å². The van der Waals surface area contributed by atoms with Gasteiger partial charge in [0.2, 0.25) is 5.91 Å². The number of rotatable bonds is 10. The molecule has 0 aromatic heterocycles. The third kappa shape index (κ3) is 7.91. The minimum atomic E-state index is -4.34. The van der Waals surface area contributed by atoms with Crippen molar-refractivity contribution in [2.24, 2.45) is 5.92 Å². The van der Waals surface area contributed by atoms with Crippen molar-refractivity contribution in [1.82, 2.24) is 15.1 Å². The summed E-state index contributed by atoms with van der Waals surface area (Å²) in [6.07, 6.45) is -1.26. The van der Waals surface area contributed by atoms with Crippen LogP contribution in [0.1, 0.15) is 44.2 Å². The summed E-state index contributed by atoms with van der Waals surface area (Å²) in [5.74, 6) is 1.28. The lowest BCUT2D eigenvalue weighted by atomic mass is 9.86. The topological polar surface area (TPSA) is 48.1 Å². The second kappa shape index (κ2) is 13.7. The van der Waals surface area contributed by atoms with E-state index in [-0.39, 0.29) is 5.91 Å². The molecule has 4 rings (SSSR count). The lowest BCUT2D eigenvalue weighted by Gasteiger charge is -2.48. The Labute approximate surface area is 236 Å². The van der Waals surface area contributed by atoms with Gasteiger partial charge in [-0.05, 0) is 75.4 Å². The first-order chi connectivity index (χ1) is 19.2. The highest BCUT2D eigenvalue weighted by atomic mass is 19.4. The number of piperazine rings is 1. The predicted octanol–water partition coefficient (Wildman–Crippen LogP) is 5.07. The van der Waals surface area contributed by atoms with E-state index < -0.39 is 11.7 Å². The Balaban J connectivity index is 1.31. The van der Waals surface area contributed by atoms with E-state index in [4.69, 9.17) is 4.74 Å². The Kier molecular flexibility index (Phi) is 10.4. The molecule has 1 N–H and O–H groups in total. The van der Waals surface area contributed by atoms with E-state index in [9.17, 15) is 18.0 Å². The first kappa shape index (κ1) is 30.2. The SMILES string of the molecule is COc1ccccc1CCNC(=O)CC[C@@H]1CN(C(C)C)CC[C@@H]1N1CCN(c2cccc(C(F)(F)F)c2)CC1. The quantitative estimate of drug-likeness (QED) is 0.440. The average molecular weight is 561 g/mol. The second-order valence-corrected chi connectivity index (χ2v) is 11.2. The molecule has 2 aromatic carbocycles. The number of likely N-dealkylation sites (tertiary alicyclic amines) is 1. The van der Waals surface area contributed by atoms with Crippen LogP contribution in [0.25, 0.3) is 0 Å². The van der Waals surface area contributed by atoms with E-state index >= 15 is 0 Å². The lowest BCUT2D eigenvalue weighted by molar-refractivity contribution is -0.137. The van der Waals surface area contributed by atoms with Crippen LogP contribution in [-0.4, -0.2) is 80.7 Å². The molecule has 6 nitrogen and oxygen atoms in total. The summed E-state index contributed by atoms with van der Waals surface area (Å²) >= 11 is 0. The van der Waals surface area contributed by atoms with Gasteiger partial charge in [-0.2, -0.15) is 13.2 Å². The summed E-state index contributed by atoms with van der Waals surface area (Å²) in [6.45, 7) is 10.0. The predicted molar refractivity (Wildman–Crippen MR) is 153 cm³/mol. The molecule has 0 bridgehead atoms. The smallest absolute Gasteiger partial charge is 0.416 e. The van der Waals surface area contributed by atoms with Gasteiger partial charge in [0.25, 0.3) is 0 Å². The maximum atomic E-state index is 13.2. The molecule has 0 unspecified atom stereocenters. The molecule has 0 aliphatic carbocycles.